The van der Waals surface area contributed by atoms with Crippen molar-refractivity contribution in [1.29, 1.82) is 0 Å². The number of hydrogen-bond donors (Lipinski definition) is 2. The number of halogens is 1. The van der Waals surface area contributed by atoms with Crippen LogP contribution in [0.15, 0.2) is 18.3 Å². The first-order valence-electron chi connectivity index (χ1n) is 6.77. The van der Waals surface area contributed by atoms with Crippen LogP contribution in [0.2, 0.25) is 0 Å². The molecule has 1 amide bonds. The zero-order valence-electron chi connectivity index (χ0n) is 11.7. The number of carbonyl (C=O) groups is 2. The Balaban J connectivity index is 0.00000220. The predicted octanol–water partition coefficient (Wildman–Crippen LogP) is 1.34. The van der Waals surface area contributed by atoms with Crippen LogP contribution >= 0.6 is 12.4 Å². The molecule has 0 aliphatic carbocycles. The highest BCUT2D eigenvalue weighted by Crippen LogP contribution is 2.23. The van der Waals surface area contributed by atoms with Gasteiger partial charge < -0.3 is 15.7 Å². The van der Waals surface area contributed by atoms with E-state index in [2.05, 4.69) is 4.98 Å². The largest absolute Gasteiger partial charge is 0.480 e. The molecule has 1 aliphatic heterocycles. The van der Waals surface area contributed by atoms with Crippen molar-refractivity contribution in [3.63, 3.8) is 0 Å². The number of aromatic nitrogens is 1. The fourth-order valence-corrected chi connectivity index (χ4v) is 2.60. The normalized spacial score (nSPS) is 18.2. The number of amides is 1. The van der Waals surface area contributed by atoms with Crippen LogP contribution in [0.5, 0.6) is 0 Å². The van der Waals surface area contributed by atoms with Gasteiger partial charge in [-0.2, -0.15) is 0 Å². The number of piperidine rings is 1. The maximum absolute atomic E-state index is 12.2. The molecule has 21 heavy (non-hydrogen) atoms. The van der Waals surface area contributed by atoms with E-state index in [1.807, 2.05) is 12.1 Å². The van der Waals surface area contributed by atoms with Crippen molar-refractivity contribution in [2.45, 2.75) is 25.7 Å². The summed E-state index contributed by atoms with van der Waals surface area (Å²) in [6.45, 7) is 0.349. The molecule has 1 fully saturated rings. The van der Waals surface area contributed by atoms with Crippen LogP contribution in [0.4, 0.5) is 5.82 Å². The highest BCUT2D eigenvalue weighted by Gasteiger charge is 2.29. The Kier molecular flexibility index (Phi) is 6.42. The molecule has 0 unspecified atom stereocenters. The number of aryl methyl sites for hydroxylation is 1. The summed E-state index contributed by atoms with van der Waals surface area (Å²) in [7, 11) is 0. The highest BCUT2D eigenvalue weighted by atomic mass is 35.5. The number of likely N-dealkylation sites (tertiary alicyclic amines) is 1. The van der Waals surface area contributed by atoms with Crippen molar-refractivity contribution in [1.82, 2.24) is 9.88 Å². The molecule has 6 nitrogen and oxygen atoms in total. The van der Waals surface area contributed by atoms with Crippen LogP contribution < -0.4 is 5.73 Å². The van der Waals surface area contributed by atoms with Crippen molar-refractivity contribution in [2.24, 2.45) is 5.92 Å². The van der Waals surface area contributed by atoms with E-state index < -0.39 is 5.97 Å². The lowest BCUT2D eigenvalue weighted by Crippen LogP contribution is -2.43. The third kappa shape index (κ3) is 4.90. The molecular weight excluding hydrogens is 294 g/mol. The molecule has 2 heterocycles. The van der Waals surface area contributed by atoms with Crippen LogP contribution in [0.1, 0.15) is 24.8 Å². The lowest BCUT2D eigenvalue weighted by atomic mass is 9.91. The van der Waals surface area contributed by atoms with Gasteiger partial charge in [-0.25, -0.2) is 4.98 Å². The summed E-state index contributed by atoms with van der Waals surface area (Å²) in [6, 6.07) is 3.70. The summed E-state index contributed by atoms with van der Waals surface area (Å²) >= 11 is 0. The number of rotatable bonds is 5. The van der Waals surface area contributed by atoms with Crippen LogP contribution in [0.3, 0.4) is 0 Å². The van der Waals surface area contributed by atoms with Crippen LogP contribution in [-0.4, -0.2) is 40.0 Å². The zero-order valence-corrected chi connectivity index (χ0v) is 12.5. The summed E-state index contributed by atoms with van der Waals surface area (Å²) in [5.74, 6) is -0.607. The highest BCUT2D eigenvalue weighted by molar-refractivity contribution is 5.85. The van der Waals surface area contributed by atoms with Crippen molar-refractivity contribution in [2.75, 3.05) is 18.8 Å². The third-order valence-electron chi connectivity index (χ3n) is 3.59. The summed E-state index contributed by atoms with van der Waals surface area (Å²) in [5.41, 5.74) is 6.68. The minimum absolute atomic E-state index is 0. The fourth-order valence-electron chi connectivity index (χ4n) is 2.60. The van der Waals surface area contributed by atoms with E-state index >= 15 is 0 Å². The lowest BCUT2D eigenvalue weighted by molar-refractivity contribution is -0.148. The molecule has 1 saturated heterocycles. The van der Waals surface area contributed by atoms with Gasteiger partial charge in [0.25, 0.3) is 0 Å². The topological polar surface area (TPSA) is 96.5 Å². The number of nitrogens with two attached hydrogens (primary N) is 1. The molecule has 3 N–H and O–H groups in total. The number of aliphatic carboxylic acids is 1. The second-order valence-corrected chi connectivity index (χ2v) is 5.12. The van der Waals surface area contributed by atoms with Crippen molar-refractivity contribution in [3.05, 3.63) is 23.9 Å². The van der Waals surface area contributed by atoms with Gasteiger partial charge in [-0.05, 0) is 43.4 Å². The van der Waals surface area contributed by atoms with Crippen molar-refractivity contribution < 1.29 is 14.7 Å². The van der Waals surface area contributed by atoms with Gasteiger partial charge in [0.15, 0.2) is 0 Å². The van der Waals surface area contributed by atoms with E-state index in [0.717, 1.165) is 31.2 Å². The van der Waals surface area contributed by atoms with Crippen LogP contribution in [0.25, 0.3) is 0 Å². The minimum atomic E-state index is -0.957. The number of nitrogens with zero attached hydrogens (tertiary/aromatic N) is 2. The number of carbonyl (C=O) groups excluding carboxylic acids is 1. The Labute approximate surface area is 129 Å². The molecular formula is C14H20ClN3O3. The number of anilines is 1. The van der Waals surface area contributed by atoms with Gasteiger partial charge in [0.05, 0.1) is 0 Å². The Morgan fingerprint density at radius 1 is 1.52 bits per heavy atom. The lowest BCUT2D eigenvalue weighted by Gasteiger charge is -2.31. The maximum Gasteiger partial charge on any atom is 0.323 e. The van der Waals surface area contributed by atoms with E-state index in [1.165, 1.54) is 4.90 Å². The predicted molar refractivity (Wildman–Crippen MR) is 81.2 cm³/mol. The molecule has 0 spiro atoms. The Morgan fingerprint density at radius 3 is 2.95 bits per heavy atom. The van der Waals surface area contributed by atoms with Gasteiger partial charge in [0.2, 0.25) is 5.91 Å². The molecule has 0 radical (unpaired) electrons. The molecule has 0 saturated carbocycles. The number of carboxylic acids is 1. The van der Waals surface area contributed by atoms with Gasteiger partial charge in [0, 0.05) is 18.7 Å². The summed E-state index contributed by atoms with van der Waals surface area (Å²) in [4.78, 5) is 28.3. The second-order valence-electron chi connectivity index (χ2n) is 5.12. The van der Waals surface area contributed by atoms with E-state index in [9.17, 15) is 9.59 Å². The third-order valence-corrected chi connectivity index (χ3v) is 3.59. The standard InChI is InChI=1S/C14H19N3O3.ClH/c15-12-8-10(5-6-16-12)3-4-11-2-1-7-17(14(11)20)9-13(18)19;/h5-6,8,11H,1-4,7,9H2,(H2,15,16)(H,18,19);1H/t11-;/m0./s1. The number of hydrogen-bond acceptors (Lipinski definition) is 4. The van der Waals surface area contributed by atoms with Crippen molar-refractivity contribution in [3.8, 4) is 0 Å². The molecule has 0 aromatic carbocycles. The quantitative estimate of drug-likeness (QED) is 0.855. The van der Waals surface area contributed by atoms with Gasteiger partial charge in [0.1, 0.15) is 12.4 Å². The van der Waals surface area contributed by atoms with Crippen LogP contribution in [-0.2, 0) is 16.0 Å². The monoisotopic (exact) mass is 313 g/mol. The van der Waals surface area contributed by atoms with E-state index in [-0.39, 0.29) is 30.8 Å². The van der Waals surface area contributed by atoms with Gasteiger partial charge in [-0.15, -0.1) is 12.4 Å². The van der Waals surface area contributed by atoms with Crippen molar-refractivity contribution >= 4 is 30.1 Å². The average molecular weight is 314 g/mol. The fraction of sp³-hybridized carbons (Fsp3) is 0.500. The molecule has 7 heteroatoms. The minimum Gasteiger partial charge on any atom is -0.480 e. The average Bonchev–Trinajstić information content (AvgIpc) is 2.39. The van der Waals surface area contributed by atoms with Crippen LogP contribution in [0, 0.1) is 5.92 Å². The molecule has 1 aromatic heterocycles. The molecule has 0 bridgehead atoms. The Hall–Kier alpha value is -1.82. The Bertz CT molecular complexity index is 510. The van der Waals surface area contributed by atoms with Gasteiger partial charge in [-0.3, -0.25) is 9.59 Å². The molecule has 1 aromatic rings. The molecule has 1 aliphatic rings. The van der Waals surface area contributed by atoms with E-state index in [1.54, 1.807) is 6.20 Å². The number of nitrogen functional groups attached to an aromatic ring is 1. The molecule has 116 valence electrons. The van der Waals surface area contributed by atoms with E-state index in [4.69, 9.17) is 10.8 Å². The SMILES string of the molecule is Cl.Nc1cc(CC[C@@H]2CCCN(CC(=O)O)C2=O)ccn1. The van der Waals surface area contributed by atoms with E-state index in [0.29, 0.717) is 12.4 Å². The van der Waals surface area contributed by atoms with Gasteiger partial charge >= 0.3 is 5.97 Å². The molecule has 2 rings (SSSR count). The second kappa shape index (κ2) is 7.83. The maximum atomic E-state index is 12.2. The zero-order chi connectivity index (χ0) is 14.5. The first-order valence-corrected chi connectivity index (χ1v) is 6.77. The summed E-state index contributed by atoms with van der Waals surface area (Å²) < 4.78 is 0. The number of pyridine rings is 1. The number of carboxylic acid groups (broad SMARTS) is 1. The van der Waals surface area contributed by atoms with Gasteiger partial charge in [-0.1, -0.05) is 0 Å². The first-order chi connectivity index (χ1) is 9.56. The first kappa shape index (κ1) is 17.2. The smallest absolute Gasteiger partial charge is 0.323 e. The Morgan fingerprint density at radius 2 is 2.29 bits per heavy atom. The summed E-state index contributed by atoms with van der Waals surface area (Å²) in [5, 5.41) is 8.79. The summed E-state index contributed by atoms with van der Waals surface area (Å²) in [6.07, 6.45) is 4.82. The molecule has 1 atom stereocenters.